The molecule has 0 spiro atoms. The van der Waals surface area contributed by atoms with Gasteiger partial charge in [0, 0.05) is 5.38 Å². The third-order valence-corrected chi connectivity index (χ3v) is 3.74. The van der Waals surface area contributed by atoms with E-state index in [-0.39, 0.29) is 0 Å². The van der Waals surface area contributed by atoms with Crippen LogP contribution < -0.4 is 5.32 Å². The van der Waals surface area contributed by atoms with Crippen LogP contribution in [-0.2, 0) is 0 Å². The van der Waals surface area contributed by atoms with Gasteiger partial charge in [0.15, 0.2) is 0 Å². The molecule has 0 saturated heterocycles. The molecule has 0 radical (unpaired) electrons. The molecule has 1 unspecified atom stereocenters. The lowest BCUT2D eigenvalue weighted by atomic mass is 10.00. The zero-order chi connectivity index (χ0) is 11.9. The minimum absolute atomic E-state index is 0.298. The minimum atomic E-state index is 0.298. The Kier molecular flexibility index (Phi) is 5.13. The van der Waals surface area contributed by atoms with Crippen molar-refractivity contribution >= 4 is 11.5 Å². The van der Waals surface area contributed by atoms with Crippen LogP contribution in [0.2, 0.25) is 0 Å². The third-order valence-electron chi connectivity index (χ3n) is 3.22. The number of nitrogens with zero attached hydrogens (tertiary/aromatic N) is 2. The molecule has 1 aromatic rings. The van der Waals surface area contributed by atoms with Crippen molar-refractivity contribution in [2.45, 2.75) is 51.5 Å². The Balaban J connectivity index is 2.11. The summed E-state index contributed by atoms with van der Waals surface area (Å²) in [6.45, 7) is 3.24. The van der Waals surface area contributed by atoms with E-state index in [0.717, 1.165) is 18.7 Å². The van der Waals surface area contributed by atoms with Gasteiger partial charge >= 0.3 is 0 Å². The lowest BCUT2D eigenvalue weighted by Gasteiger charge is -2.19. The fraction of sp³-hybridized carbons (Fsp3) is 0.692. The van der Waals surface area contributed by atoms with E-state index in [1.807, 2.05) is 0 Å². The lowest BCUT2D eigenvalue weighted by Crippen LogP contribution is -2.24. The highest BCUT2D eigenvalue weighted by Crippen LogP contribution is 2.28. The van der Waals surface area contributed by atoms with Crippen molar-refractivity contribution in [3.05, 3.63) is 22.7 Å². The molecule has 0 aliphatic heterocycles. The van der Waals surface area contributed by atoms with Gasteiger partial charge in [-0.05, 0) is 50.2 Å². The average Bonchev–Trinajstić information content (AvgIpc) is 2.73. The smallest absolute Gasteiger partial charge is 0.0966 e. The fourth-order valence-electron chi connectivity index (χ4n) is 2.31. The Hall–Kier alpha value is -0.740. The van der Waals surface area contributed by atoms with Crippen LogP contribution >= 0.6 is 11.5 Å². The number of aromatic nitrogens is 2. The summed E-state index contributed by atoms with van der Waals surface area (Å²) in [5.41, 5.74) is 2.61. The van der Waals surface area contributed by atoms with Gasteiger partial charge in [0.2, 0.25) is 0 Å². The van der Waals surface area contributed by atoms with Gasteiger partial charge in [-0.15, -0.1) is 5.10 Å². The van der Waals surface area contributed by atoms with Gasteiger partial charge in [0.1, 0.15) is 0 Å². The Morgan fingerprint density at radius 1 is 1.41 bits per heavy atom. The maximum Gasteiger partial charge on any atom is 0.0966 e. The summed E-state index contributed by atoms with van der Waals surface area (Å²) in [6, 6.07) is 0.298. The van der Waals surface area contributed by atoms with E-state index in [1.165, 1.54) is 49.2 Å². The van der Waals surface area contributed by atoms with Crippen LogP contribution in [-0.4, -0.2) is 16.1 Å². The molecule has 1 aliphatic rings. The number of rotatable bonds is 5. The number of nitrogens with one attached hydrogen (secondary N) is 1. The molecule has 3 nitrogen and oxygen atoms in total. The monoisotopic (exact) mass is 251 g/mol. The third kappa shape index (κ3) is 3.61. The molecule has 0 bridgehead atoms. The van der Waals surface area contributed by atoms with Crippen molar-refractivity contribution in [3.8, 4) is 0 Å². The topological polar surface area (TPSA) is 37.8 Å². The second kappa shape index (κ2) is 6.87. The second-order valence-electron chi connectivity index (χ2n) is 4.60. The molecule has 94 valence electrons. The first-order chi connectivity index (χ1) is 8.42. The summed E-state index contributed by atoms with van der Waals surface area (Å²) in [7, 11) is 0. The summed E-state index contributed by atoms with van der Waals surface area (Å²) < 4.78 is 3.99. The maximum absolute atomic E-state index is 4.24. The summed E-state index contributed by atoms with van der Waals surface area (Å²) in [5, 5.41) is 9.91. The second-order valence-corrected chi connectivity index (χ2v) is 5.21. The Morgan fingerprint density at radius 2 is 2.35 bits per heavy atom. The first-order valence-electron chi connectivity index (χ1n) is 6.61. The predicted molar refractivity (Wildman–Crippen MR) is 72.1 cm³/mol. The normalized spacial score (nSPS) is 18.5. The van der Waals surface area contributed by atoms with Gasteiger partial charge in [-0.2, -0.15) is 0 Å². The fourth-order valence-corrected chi connectivity index (χ4v) is 2.79. The first kappa shape index (κ1) is 12.7. The Labute approximate surface area is 107 Å². The first-order valence-corrected chi connectivity index (χ1v) is 7.44. The molecule has 0 amide bonds. The molecule has 1 aliphatic carbocycles. The Morgan fingerprint density at radius 3 is 3.12 bits per heavy atom. The zero-order valence-electron chi connectivity index (χ0n) is 10.5. The van der Waals surface area contributed by atoms with E-state index < -0.39 is 0 Å². The maximum atomic E-state index is 4.24. The SMILES string of the molecule is CCCNC(C1=CCCCCC1)c1csnn1. The van der Waals surface area contributed by atoms with E-state index in [4.69, 9.17) is 0 Å². The van der Waals surface area contributed by atoms with Crippen LogP contribution in [0.25, 0.3) is 0 Å². The highest BCUT2D eigenvalue weighted by molar-refractivity contribution is 7.03. The number of hydrogen-bond acceptors (Lipinski definition) is 4. The minimum Gasteiger partial charge on any atom is -0.305 e. The van der Waals surface area contributed by atoms with Crippen molar-refractivity contribution in [1.29, 1.82) is 0 Å². The van der Waals surface area contributed by atoms with Crippen LogP contribution in [0.3, 0.4) is 0 Å². The standard InChI is InChI=1S/C13H21N3S/c1-2-9-14-13(12-10-17-16-15-12)11-7-5-3-4-6-8-11/h7,10,13-14H,2-6,8-9H2,1H3. The van der Waals surface area contributed by atoms with Crippen molar-refractivity contribution in [3.63, 3.8) is 0 Å². The van der Waals surface area contributed by atoms with Crippen LogP contribution in [0.15, 0.2) is 17.0 Å². The van der Waals surface area contributed by atoms with Gasteiger partial charge < -0.3 is 5.32 Å². The average molecular weight is 251 g/mol. The summed E-state index contributed by atoms with van der Waals surface area (Å²) in [5.74, 6) is 0. The van der Waals surface area contributed by atoms with Crippen LogP contribution in [0.1, 0.15) is 57.2 Å². The molecule has 1 heterocycles. The zero-order valence-corrected chi connectivity index (χ0v) is 11.3. The van der Waals surface area contributed by atoms with Crippen molar-refractivity contribution in [1.82, 2.24) is 14.9 Å². The van der Waals surface area contributed by atoms with Crippen LogP contribution in [0, 0.1) is 0 Å². The summed E-state index contributed by atoms with van der Waals surface area (Å²) >= 11 is 1.44. The summed E-state index contributed by atoms with van der Waals surface area (Å²) in [6.07, 6.45) is 10.00. The molecule has 2 rings (SSSR count). The Bertz CT molecular complexity index is 346. The molecule has 0 fully saturated rings. The van der Waals surface area contributed by atoms with E-state index in [9.17, 15) is 0 Å². The molecule has 17 heavy (non-hydrogen) atoms. The highest BCUT2D eigenvalue weighted by Gasteiger charge is 2.19. The van der Waals surface area contributed by atoms with Gasteiger partial charge in [-0.3, -0.25) is 0 Å². The van der Waals surface area contributed by atoms with Crippen molar-refractivity contribution in [2.75, 3.05) is 6.54 Å². The van der Waals surface area contributed by atoms with Crippen LogP contribution in [0.5, 0.6) is 0 Å². The van der Waals surface area contributed by atoms with Gasteiger partial charge in [0.25, 0.3) is 0 Å². The number of allylic oxidation sites excluding steroid dienone is 1. The lowest BCUT2D eigenvalue weighted by molar-refractivity contribution is 0.555. The number of hydrogen-bond donors (Lipinski definition) is 1. The van der Waals surface area contributed by atoms with E-state index in [0.29, 0.717) is 6.04 Å². The quantitative estimate of drug-likeness (QED) is 0.814. The van der Waals surface area contributed by atoms with Crippen molar-refractivity contribution in [2.24, 2.45) is 0 Å². The largest absolute Gasteiger partial charge is 0.305 e. The van der Waals surface area contributed by atoms with Crippen LogP contribution in [0.4, 0.5) is 0 Å². The van der Waals surface area contributed by atoms with E-state index in [1.54, 1.807) is 0 Å². The molecule has 1 N–H and O–H groups in total. The van der Waals surface area contributed by atoms with E-state index >= 15 is 0 Å². The van der Waals surface area contributed by atoms with Gasteiger partial charge in [-0.25, -0.2) is 0 Å². The molecule has 1 atom stereocenters. The summed E-state index contributed by atoms with van der Waals surface area (Å²) in [4.78, 5) is 0. The molecule has 4 heteroatoms. The molecular formula is C13H21N3S. The molecule has 0 saturated carbocycles. The van der Waals surface area contributed by atoms with Gasteiger partial charge in [-0.1, -0.05) is 29.5 Å². The van der Waals surface area contributed by atoms with E-state index in [2.05, 4.69) is 33.3 Å². The van der Waals surface area contributed by atoms with Gasteiger partial charge in [0.05, 0.1) is 11.7 Å². The molecular weight excluding hydrogens is 230 g/mol. The molecule has 1 aromatic heterocycles. The van der Waals surface area contributed by atoms with Crippen molar-refractivity contribution < 1.29 is 0 Å². The molecule has 0 aromatic carbocycles. The highest BCUT2D eigenvalue weighted by atomic mass is 32.1. The predicted octanol–water partition coefficient (Wildman–Crippen LogP) is 3.47.